The lowest BCUT2D eigenvalue weighted by atomic mass is 10.2. The van der Waals surface area contributed by atoms with Gasteiger partial charge in [-0.2, -0.15) is 0 Å². The van der Waals surface area contributed by atoms with Gasteiger partial charge in [-0.3, -0.25) is 4.79 Å². The fourth-order valence-corrected chi connectivity index (χ4v) is 3.18. The molecule has 10 heteroatoms. The van der Waals surface area contributed by atoms with Crippen LogP contribution >= 0.6 is 23.4 Å². The van der Waals surface area contributed by atoms with E-state index in [9.17, 15) is 9.59 Å². The highest BCUT2D eigenvalue weighted by Crippen LogP contribution is 2.24. The maximum atomic E-state index is 12.2. The molecule has 3 rings (SSSR count). The number of nitrogens with one attached hydrogen (secondary N) is 1. The number of halogens is 1. The molecule has 1 aromatic heterocycles. The van der Waals surface area contributed by atoms with Crippen molar-refractivity contribution in [2.75, 3.05) is 24.0 Å². The summed E-state index contributed by atoms with van der Waals surface area (Å²) in [6.45, 7) is 0. The molecule has 144 valence electrons. The molecule has 28 heavy (non-hydrogen) atoms. The van der Waals surface area contributed by atoms with Crippen molar-refractivity contribution >= 4 is 40.9 Å². The first-order valence-corrected chi connectivity index (χ1v) is 9.41. The lowest BCUT2D eigenvalue weighted by Gasteiger charge is -2.06. The Kier molecular flexibility index (Phi) is 6.17. The summed E-state index contributed by atoms with van der Waals surface area (Å²) >= 11 is 7.14. The van der Waals surface area contributed by atoms with Crippen LogP contribution in [0.2, 0.25) is 5.02 Å². The first-order chi connectivity index (χ1) is 13.5. The largest absolute Gasteiger partial charge is 0.465 e. The summed E-state index contributed by atoms with van der Waals surface area (Å²) < 4.78 is 5.95. The van der Waals surface area contributed by atoms with Gasteiger partial charge in [0.25, 0.3) is 0 Å². The van der Waals surface area contributed by atoms with Gasteiger partial charge in [0.15, 0.2) is 5.82 Å². The van der Waals surface area contributed by atoms with E-state index in [1.54, 1.807) is 42.5 Å². The molecule has 0 aliphatic rings. The average molecular weight is 418 g/mol. The molecule has 0 saturated carbocycles. The number of amides is 1. The van der Waals surface area contributed by atoms with Crippen molar-refractivity contribution < 1.29 is 14.3 Å². The number of hydrogen-bond donors (Lipinski definition) is 2. The molecular formula is C18H16ClN5O3S. The molecule has 3 N–H and O–H groups in total. The Bertz CT molecular complexity index is 1010. The van der Waals surface area contributed by atoms with Gasteiger partial charge < -0.3 is 15.9 Å². The van der Waals surface area contributed by atoms with Gasteiger partial charge in [0, 0.05) is 16.3 Å². The standard InChI is InChI=1S/C18H16ClN5O3S/c1-27-17(26)11-5-7-14(8-6-11)21-15(25)10-28-18-23-22-16(24(18)20)12-3-2-4-13(19)9-12/h2-9H,10,20H2,1H3,(H,21,25). The normalized spacial score (nSPS) is 10.5. The van der Waals surface area contributed by atoms with Gasteiger partial charge in [0.1, 0.15) is 0 Å². The quantitative estimate of drug-likeness (QED) is 0.360. The Balaban J connectivity index is 1.60. The third-order valence-corrected chi connectivity index (χ3v) is 4.85. The average Bonchev–Trinajstić information content (AvgIpc) is 3.07. The number of methoxy groups -OCH3 is 1. The number of thioether (sulfide) groups is 1. The van der Waals surface area contributed by atoms with Gasteiger partial charge in [0.2, 0.25) is 11.1 Å². The van der Waals surface area contributed by atoms with Gasteiger partial charge in [-0.1, -0.05) is 35.5 Å². The second-order valence-electron chi connectivity index (χ2n) is 5.59. The van der Waals surface area contributed by atoms with Crippen LogP contribution < -0.4 is 11.2 Å². The predicted molar refractivity (Wildman–Crippen MR) is 108 cm³/mol. The van der Waals surface area contributed by atoms with Crippen LogP contribution in [0.4, 0.5) is 5.69 Å². The Hall–Kier alpha value is -3.04. The molecular weight excluding hydrogens is 402 g/mol. The zero-order chi connectivity index (χ0) is 20.1. The molecule has 2 aromatic carbocycles. The number of nitrogens with zero attached hydrogens (tertiary/aromatic N) is 3. The predicted octanol–water partition coefficient (Wildman–Crippen LogP) is 2.83. The number of rotatable bonds is 6. The van der Waals surface area contributed by atoms with E-state index in [-0.39, 0.29) is 11.7 Å². The summed E-state index contributed by atoms with van der Waals surface area (Å²) in [5.74, 6) is 5.88. The lowest BCUT2D eigenvalue weighted by molar-refractivity contribution is -0.113. The fraction of sp³-hybridized carbons (Fsp3) is 0.111. The Morgan fingerprint density at radius 3 is 2.64 bits per heavy atom. The molecule has 0 atom stereocenters. The smallest absolute Gasteiger partial charge is 0.337 e. The van der Waals surface area contributed by atoms with Crippen LogP contribution in [0.5, 0.6) is 0 Å². The lowest BCUT2D eigenvalue weighted by Crippen LogP contribution is -2.16. The van der Waals surface area contributed by atoms with Gasteiger partial charge >= 0.3 is 5.97 Å². The zero-order valence-electron chi connectivity index (χ0n) is 14.8. The third-order valence-electron chi connectivity index (χ3n) is 3.67. The Morgan fingerprint density at radius 2 is 1.96 bits per heavy atom. The van der Waals surface area contributed by atoms with E-state index >= 15 is 0 Å². The number of aromatic nitrogens is 3. The van der Waals surface area contributed by atoms with Gasteiger partial charge in [-0.15, -0.1) is 10.2 Å². The van der Waals surface area contributed by atoms with Gasteiger partial charge in [0.05, 0.1) is 18.4 Å². The van der Waals surface area contributed by atoms with Gasteiger partial charge in [-0.25, -0.2) is 9.47 Å². The second-order valence-corrected chi connectivity index (χ2v) is 6.97. The van der Waals surface area contributed by atoms with E-state index in [1.807, 2.05) is 6.07 Å². The van der Waals surface area contributed by atoms with Crippen LogP contribution in [0.3, 0.4) is 0 Å². The molecule has 0 unspecified atom stereocenters. The van der Waals surface area contributed by atoms with E-state index in [0.717, 1.165) is 17.3 Å². The topological polar surface area (TPSA) is 112 Å². The maximum Gasteiger partial charge on any atom is 0.337 e. The number of nitrogens with two attached hydrogens (primary N) is 1. The number of benzene rings is 2. The molecule has 0 bridgehead atoms. The number of anilines is 1. The molecule has 3 aromatic rings. The summed E-state index contributed by atoms with van der Waals surface area (Å²) in [4.78, 5) is 23.6. The highest BCUT2D eigenvalue weighted by Gasteiger charge is 2.14. The number of carbonyl (C=O) groups excluding carboxylic acids is 2. The van der Waals surface area contributed by atoms with Crippen LogP contribution in [0.15, 0.2) is 53.7 Å². The summed E-state index contributed by atoms with van der Waals surface area (Å²) in [5, 5.41) is 11.8. The molecule has 8 nitrogen and oxygen atoms in total. The fourth-order valence-electron chi connectivity index (χ4n) is 2.33. The van der Waals surface area contributed by atoms with Crippen molar-refractivity contribution in [3.8, 4) is 11.4 Å². The van der Waals surface area contributed by atoms with Crippen LogP contribution in [-0.2, 0) is 9.53 Å². The molecule has 0 aliphatic carbocycles. The van der Waals surface area contributed by atoms with E-state index in [1.165, 1.54) is 11.8 Å². The monoisotopic (exact) mass is 417 g/mol. The molecule has 0 saturated heterocycles. The van der Waals surface area contributed by atoms with Crippen LogP contribution in [0, 0.1) is 0 Å². The first kappa shape index (κ1) is 19.7. The molecule has 0 radical (unpaired) electrons. The van der Waals surface area contributed by atoms with Crippen molar-refractivity contribution in [1.29, 1.82) is 0 Å². The van der Waals surface area contributed by atoms with Crippen molar-refractivity contribution in [3.63, 3.8) is 0 Å². The van der Waals surface area contributed by atoms with Crippen LogP contribution in [-0.4, -0.2) is 39.6 Å². The van der Waals surface area contributed by atoms with Crippen molar-refractivity contribution in [2.24, 2.45) is 0 Å². The Labute approximate surface area is 170 Å². The summed E-state index contributed by atoms with van der Waals surface area (Å²) in [7, 11) is 1.31. The van der Waals surface area contributed by atoms with E-state index in [0.29, 0.717) is 27.3 Å². The van der Waals surface area contributed by atoms with Crippen molar-refractivity contribution in [1.82, 2.24) is 14.9 Å². The first-order valence-electron chi connectivity index (χ1n) is 8.05. The summed E-state index contributed by atoms with van der Waals surface area (Å²) in [6, 6.07) is 13.5. The van der Waals surface area contributed by atoms with E-state index in [2.05, 4.69) is 20.3 Å². The molecule has 0 spiro atoms. The summed E-state index contributed by atoms with van der Waals surface area (Å²) in [6.07, 6.45) is 0. The van der Waals surface area contributed by atoms with Crippen molar-refractivity contribution in [3.05, 3.63) is 59.1 Å². The van der Waals surface area contributed by atoms with E-state index < -0.39 is 5.97 Å². The van der Waals surface area contributed by atoms with E-state index in [4.69, 9.17) is 17.4 Å². The molecule has 0 aliphatic heterocycles. The minimum absolute atomic E-state index is 0.0869. The Morgan fingerprint density at radius 1 is 1.21 bits per heavy atom. The number of hydrogen-bond acceptors (Lipinski definition) is 7. The minimum atomic E-state index is -0.439. The summed E-state index contributed by atoms with van der Waals surface area (Å²) in [5.41, 5.74) is 1.69. The highest BCUT2D eigenvalue weighted by atomic mass is 35.5. The van der Waals surface area contributed by atoms with Crippen molar-refractivity contribution in [2.45, 2.75) is 5.16 Å². The number of esters is 1. The van der Waals surface area contributed by atoms with Crippen LogP contribution in [0.25, 0.3) is 11.4 Å². The zero-order valence-corrected chi connectivity index (χ0v) is 16.3. The number of nitrogen functional groups attached to an aromatic ring is 1. The number of ether oxygens (including phenoxy) is 1. The SMILES string of the molecule is COC(=O)c1ccc(NC(=O)CSc2nnc(-c3cccc(Cl)c3)n2N)cc1. The molecule has 0 fully saturated rings. The second kappa shape index (κ2) is 8.77. The maximum absolute atomic E-state index is 12.2. The molecule has 1 heterocycles. The van der Waals surface area contributed by atoms with Gasteiger partial charge in [-0.05, 0) is 36.4 Å². The molecule has 1 amide bonds. The highest BCUT2D eigenvalue weighted by molar-refractivity contribution is 7.99. The number of carbonyl (C=O) groups is 2. The third kappa shape index (κ3) is 4.62. The van der Waals surface area contributed by atoms with Crippen LogP contribution in [0.1, 0.15) is 10.4 Å². The minimum Gasteiger partial charge on any atom is -0.465 e.